The number of hydrogen-bond donors (Lipinski definition) is 1. The van der Waals surface area contributed by atoms with E-state index in [4.69, 9.17) is 0 Å². The van der Waals surface area contributed by atoms with Gasteiger partial charge in [-0.1, -0.05) is 45.4 Å². The Bertz CT molecular complexity index is 355. The Balaban J connectivity index is 1.79. The Morgan fingerprint density at radius 3 is 2.84 bits per heavy atom. The zero-order chi connectivity index (χ0) is 13.5. The standard InChI is InChI=1S/C16H28N2O/c1-2-3-5-10-16(19)13-14-11-12-18(17-14)15-8-6-4-7-9-15/h11-12,15-16,19H,2-10,13H2,1H3. The summed E-state index contributed by atoms with van der Waals surface area (Å²) in [6, 6.07) is 2.68. The summed E-state index contributed by atoms with van der Waals surface area (Å²) in [5, 5.41) is 14.7. The van der Waals surface area contributed by atoms with E-state index in [9.17, 15) is 5.11 Å². The van der Waals surface area contributed by atoms with E-state index in [1.54, 1.807) is 0 Å². The van der Waals surface area contributed by atoms with Crippen LogP contribution >= 0.6 is 0 Å². The fraction of sp³-hybridized carbons (Fsp3) is 0.812. The van der Waals surface area contributed by atoms with Crippen molar-refractivity contribution < 1.29 is 5.11 Å². The smallest absolute Gasteiger partial charge is 0.0650 e. The number of aromatic nitrogens is 2. The van der Waals surface area contributed by atoms with Crippen LogP contribution in [0.2, 0.25) is 0 Å². The van der Waals surface area contributed by atoms with Crippen molar-refractivity contribution in [3.63, 3.8) is 0 Å². The van der Waals surface area contributed by atoms with E-state index in [2.05, 4.69) is 29.0 Å². The molecule has 1 heterocycles. The Morgan fingerprint density at radius 1 is 1.32 bits per heavy atom. The third kappa shape index (κ3) is 4.64. The van der Waals surface area contributed by atoms with Gasteiger partial charge < -0.3 is 5.11 Å². The molecule has 1 atom stereocenters. The van der Waals surface area contributed by atoms with Gasteiger partial charge in [0.15, 0.2) is 0 Å². The molecule has 2 rings (SSSR count). The molecular weight excluding hydrogens is 236 g/mol. The molecule has 0 radical (unpaired) electrons. The van der Waals surface area contributed by atoms with E-state index in [0.717, 1.165) is 18.5 Å². The lowest BCUT2D eigenvalue weighted by molar-refractivity contribution is 0.159. The molecule has 0 amide bonds. The molecule has 0 bridgehead atoms. The van der Waals surface area contributed by atoms with Crippen LogP contribution in [-0.4, -0.2) is 21.0 Å². The normalized spacial score (nSPS) is 18.6. The van der Waals surface area contributed by atoms with Crippen LogP contribution < -0.4 is 0 Å². The molecule has 1 unspecified atom stereocenters. The van der Waals surface area contributed by atoms with E-state index >= 15 is 0 Å². The first-order chi connectivity index (χ1) is 9.29. The highest BCUT2D eigenvalue weighted by molar-refractivity contribution is 5.01. The number of nitrogens with zero attached hydrogens (tertiary/aromatic N) is 2. The van der Waals surface area contributed by atoms with Crippen LogP contribution in [0.25, 0.3) is 0 Å². The lowest BCUT2D eigenvalue weighted by Gasteiger charge is -2.21. The third-order valence-electron chi connectivity index (χ3n) is 4.20. The Labute approximate surface area is 117 Å². The van der Waals surface area contributed by atoms with Crippen LogP contribution in [0.4, 0.5) is 0 Å². The van der Waals surface area contributed by atoms with E-state index < -0.39 is 0 Å². The van der Waals surface area contributed by atoms with Gasteiger partial charge >= 0.3 is 0 Å². The fourth-order valence-corrected chi connectivity index (χ4v) is 3.01. The van der Waals surface area contributed by atoms with Crippen LogP contribution in [-0.2, 0) is 6.42 Å². The molecule has 3 nitrogen and oxygen atoms in total. The van der Waals surface area contributed by atoms with Gasteiger partial charge in [0.05, 0.1) is 17.8 Å². The van der Waals surface area contributed by atoms with E-state index in [-0.39, 0.29) is 6.10 Å². The molecule has 1 fully saturated rings. The molecule has 1 aromatic rings. The predicted octanol–water partition coefficient (Wildman–Crippen LogP) is 3.87. The first kappa shape index (κ1) is 14.6. The summed E-state index contributed by atoms with van der Waals surface area (Å²) >= 11 is 0. The van der Waals surface area contributed by atoms with Gasteiger partial charge in [-0.05, 0) is 25.3 Å². The second-order valence-corrected chi connectivity index (χ2v) is 5.93. The molecule has 19 heavy (non-hydrogen) atoms. The van der Waals surface area contributed by atoms with Crippen LogP contribution in [0.3, 0.4) is 0 Å². The van der Waals surface area contributed by atoms with E-state index in [0.29, 0.717) is 12.5 Å². The number of unbranched alkanes of at least 4 members (excludes halogenated alkanes) is 2. The maximum atomic E-state index is 10.00. The van der Waals surface area contributed by atoms with E-state index in [1.165, 1.54) is 44.9 Å². The van der Waals surface area contributed by atoms with Gasteiger partial charge in [0.1, 0.15) is 0 Å². The van der Waals surface area contributed by atoms with Crippen LogP contribution in [0.15, 0.2) is 12.3 Å². The highest BCUT2D eigenvalue weighted by atomic mass is 16.3. The predicted molar refractivity (Wildman–Crippen MR) is 78.2 cm³/mol. The van der Waals surface area contributed by atoms with Gasteiger partial charge in [0.2, 0.25) is 0 Å². The average molecular weight is 264 g/mol. The highest BCUT2D eigenvalue weighted by Gasteiger charge is 2.16. The minimum atomic E-state index is -0.221. The monoisotopic (exact) mass is 264 g/mol. The molecular formula is C16H28N2O. The largest absolute Gasteiger partial charge is 0.393 e. The average Bonchev–Trinajstić information content (AvgIpc) is 2.88. The zero-order valence-electron chi connectivity index (χ0n) is 12.2. The Kier molecular flexibility index (Phi) is 5.90. The molecule has 108 valence electrons. The van der Waals surface area contributed by atoms with Crippen molar-refractivity contribution in [1.82, 2.24) is 9.78 Å². The topological polar surface area (TPSA) is 38.0 Å². The summed E-state index contributed by atoms with van der Waals surface area (Å²) in [5.41, 5.74) is 1.05. The molecule has 1 aliphatic rings. The SMILES string of the molecule is CCCCCC(O)Cc1ccn(C2CCCCC2)n1. The molecule has 0 aliphatic heterocycles. The van der Waals surface area contributed by atoms with Crippen molar-refractivity contribution in [2.24, 2.45) is 0 Å². The number of aliphatic hydroxyl groups is 1. The van der Waals surface area contributed by atoms with Gasteiger partial charge in [-0.25, -0.2) is 0 Å². The second kappa shape index (κ2) is 7.68. The maximum Gasteiger partial charge on any atom is 0.0650 e. The van der Waals surface area contributed by atoms with Crippen molar-refractivity contribution in [1.29, 1.82) is 0 Å². The lowest BCUT2D eigenvalue weighted by atomic mass is 9.96. The van der Waals surface area contributed by atoms with E-state index in [1.807, 2.05) is 0 Å². The quantitative estimate of drug-likeness (QED) is 0.759. The van der Waals surface area contributed by atoms with Crippen molar-refractivity contribution in [2.75, 3.05) is 0 Å². The lowest BCUT2D eigenvalue weighted by Crippen LogP contribution is -2.15. The summed E-state index contributed by atoms with van der Waals surface area (Å²) in [7, 11) is 0. The molecule has 1 aliphatic carbocycles. The van der Waals surface area contributed by atoms with Crippen LogP contribution in [0.1, 0.15) is 76.4 Å². The maximum absolute atomic E-state index is 10.00. The fourth-order valence-electron chi connectivity index (χ4n) is 3.01. The molecule has 1 aromatic heterocycles. The minimum Gasteiger partial charge on any atom is -0.393 e. The van der Waals surface area contributed by atoms with Gasteiger partial charge in [-0.15, -0.1) is 0 Å². The molecule has 0 aromatic carbocycles. The van der Waals surface area contributed by atoms with Gasteiger partial charge in [-0.3, -0.25) is 4.68 Å². The Morgan fingerprint density at radius 2 is 2.11 bits per heavy atom. The number of rotatable bonds is 7. The first-order valence-corrected chi connectivity index (χ1v) is 8.01. The molecule has 3 heteroatoms. The summed E-state index contributed by atoms with van der Waals surface area (Å²) in [6.07, 6.45) is 13.6. The van der Waals surface area contributed by atoms with Gasteiger partial charge in [-0.2, -0.15) is 5.10 Å². The van der Waals surface area contributed by atoms with Gasteiger partial charge in [0.25, 0.3) is 0 Å². The van der Waals surface area contributed by atoms with Crippen LogP contribution in [0.5, 0.6) is 0 Å². The number of aliphatic hydroxyl groups excluding tert-OH is 1. The summed E-state index contributed by atoms with van der Waals surface area (Å²) in [6.45, 7) is 2.19. The van der Waals surface area contributed by atoms with Crippen LogP contribution in [0, 0.1) is 0 Å². The van der Waals surface area contributed by atoms with Crippen molar-refractivity contribution >= 4 is 0 Å². The summed E-state index contributed by atoms with van der Waals surface area (Å²) in [4.78, 5) is 0. The third-order valence-corrected chi connectivity index (χ3v) is 4.20. The Hall–Kier alpha value is -0.830. The second-order valence-electron chi connectivity index (χ2n) is 5.93. The van der Waals surface area contributed by atoms with Crippen molar-refractivity contribution in [3.05, 3.63) is 18.0 Å². The van der Waals surface area contributed by atoms with Crippen molar-refractivity contribution in [2.45, 2.75) is 83.3 Å². The first-order valence-electron chi connectivity index (χ1n) is 8.01. The molecule has 0 saturated heterocycles. The summed E-state index contributed by atoms with van der Waals surface area (Å²) in [5.74, 6) is 0. The molecule has 1 N–H and O–H groups in total. The highest BCUT2D eigenvalue weighted by Crippen LogP contribution is 2.27. The molecule has 0 spiro atoms. The number of hydrogen-bond acceptors (Lipinski definition) is 2. The zero-order valence-corrected chi connectivity index (χ0v) is 12.2. The molecule has 1 saturated carbocycles. The minimum absolute atomic E-state index is 0.221. The van der Waals surface area contributed by atoms with Crippen molar-refractivity contribution in [3.8, 4) is 0 Å². The summed E-state index contributed by atoms with van der Waals surface area (Å²) < 4.78 is 2.13. The van der Waals surface area contributed by atoms with Gasteiger partial charge in [0, 0.05) is 12.6 Å².